The predicted molar refractivity (Wildman–Crippen MR) is 82.5 cm³/mol. The highest BCUT2D eigenvalue weighted by atomic mass is 16.3. The Hall–Kier alpha value is -1.13. The summed E-state index contributed by atoms with van der Waals surface area (Å²) in [6, 6.07) is 1.98. The van der Waals surface area contributed by atoms with E-state index in [1.807, 2.05) is 13.0 Å². The van der Waals surface area contributed by atoms with Crippen LogP contribution in [0.3, 0.4) is 0 Å². The topological polar surface area (TPSA) is 62.4 Å². The van der Waals surface area contributed by atoms with Gasteiger partial charge in [0.15, 0.2) is 0 Å². The molecule has 1 aliphatic heterocycles. The molecule has 0 spiro atoms. The van der Waals surface area contributed by atoms with Crippen LogP contribution in [0.5, 0.6) is 0 Å². The van der Waals surface area contributed by atoms with Crippen LogP contribution in [-0.2, 0) is 0 Å². The van der Waals surface area contributed by atoms with Gasteiger partial charge in [0.05, 0.1) is 5.54 Å². The summed E-state index contributed by atoms with van der Waals surface area (Å²) >= 11 is 0. The van der Waals surface area contributed by atoms with Crippen LogP contribution in [0.2, 0.25) is 0 Å². The number of aliphatic hydroxyl groups is 1. The van der Waals surface area contributed by atoms with Crippen LogP contribution in [0.15, 0.2) is 12.3 Å². The lowest BCUT2D eigenvalue weighted by molar-refractivity contribution is -0.0292. The van der Waals surface area contributed by atoms with Crippen molar-refractivity contribution >= 4 is 5.82 Å². The summed E-state index contributed by atoms with van der Waals surface area (Å²) in [5.74, 6) is 0.452. The van der Waals surface area contributed by atoms with Crippen molar-refractivity contribution in [3.05, 3.63) is 23.4 Å². The number of nitrogens with zero attached hydrogens (tertiary/aromatic N) is 2. The van der Waals surface area contributed by atoms with Crippen LogP contribution in [0.4, 0.5) is 5.82 Å². The fourth-order valence-electron chi connectivity index (χ4n) is 3.53. The molecule has 1 atom stereocenters. The molecular formula is C16H27N3O. The second-order valence-corrected chi connectivity index (χ2v) is 5.89. The summed E-state index contributed by atoms with van der Waals surface area (Å²) in [5, 5.41) is 11.0. The Morgan fingerprint density at radius 2 is 1.95 bits per heavy atom. The van der Waals surface area contributed by atoms with Gasteiger partial charge in [0.2, 0.25) is 0 Å². The molecule has 2 rings (SSSR count). The van der Waals surface area contributed by atoms with E-state index >= 15 is 0 Å². The van der Waals surface area contributed by atoms with Crippen LogP contribution in [0, 0.1) is 6.92 Å². The van der Waals surface area contributed by atoms with Gasteiger partial charge in [-0.2, -0.15) is 0 Å². The Kier molecular flexibility index (Phi) is 4.66. The molecule has 0 bridgehead atoms. The monoisotopic (exact) mass is 277 g/mol. The van der Waals surface area contributed by atoms with Crippen molar-refractivity contribution < 1.29 is 5.11 Å². The van der Waals surface area contributed by atoms with E-state index < -0.39 is 6.10 Å². The maximum Gasteiger partial charge on any atom is 0.129 e. The molecule has 0 aliphatic carbocycles. The molecule has 0 aromatic carbocycles. The molecule has 1 aliphatic rings. The molecule has 1 unspecified atom stereocenters. The maximum atomic E-state index is 11.0. The molecule has 2 heterocycles. The quantitative estimate of drug-likeness (QED) is 0.868. The summed E-state index contributed by atoms with van der Waals surface area (Å²) in [4.78, 5) is 6.65. The Bertz CT molecular complexity index is 451. The van der Waals surface area contributed by atoms with Gasteiger partial charge in [-0.3, -0.25) is 4.90 Å². The molecule has 0 amide bonds. The number of anilines is 1. The van der Waals surface area contributed by atoms with E-state index in [9.17, 15) is 5.11 Å². The molecule has 1 aromatic rings. The number of rotatable bonds is 5. The zero-order valence-electron chi connectivity index (χ0n) is 12.9. The first kappa shape index (κ1) is 15.3. The highest BCUT2D eigenvalue weighted by Crippen LogP contribution is 2.40. The highest BCUT2D eigenvalue weighted by Gasteiger charge is 2.42. The highest BCUT2D eigenvalue weighted by molar-refractivity contribution is 5.43. The summed E-state index contributed by atoms with van der Waals surface area (Å²) in [7, 11) is 0. The number of nitrogens with two attached hydrogens (primary N) is 1. The van der Waals surface area contributed by atoms with Crippen molar-refractivity contribution in [3.63, 3.8) is 0 Å². The molecule has 1 saturated heterocycles. The van der Waals surface area contributed by atoms with Crippen LogP contribution < -0.4 is 5.73 Å². The van der Waals surface area contributed by atoms with Gasteiger partial charge in [-0.25, -0.2) is 4.98 Å². The third-order valence-electron chi connectivity index (χ3n) is 4.85. The molecule has 20 heavy (non-hydrogen) atoms. The molecule has 112 valence electrons. The first-order valence-corrected chi connectivity index (χ1v) is 7.70. The summed E-state index contributed by atoms with van der Waals surface area (Å²) in [5.41, 5.74) is 7.60. The van der Waals surface area contributed by atoms with Gasteiger partial charge in [0, 0.05) is 11.8 Å². The van der Waals surface area contributed by atoms with E-state index in [-0.39, 0.29) is 5.54 Å². The minimum Gasteiger partial charge on any atom is -0.386 e. The molecular weight excluding hydrogens is 250 g/mol. The Morgan fingerprint density at radius 3 is 2.50 bits per heavy atom. The zero-order valence-corrected chi connectivity index (χ0v) is 12.9. The van der Waals surface area contributed by atoms with Gasteiger partial charge in [0.25, 0.3) is 0 Å². The number of likely N-dealkylation sites (tertiary alicyclic amines) is 1. The van der Waals surface area contributed by atoms with Crippen LogP contribution in [0.1, 0.15) is 56.8 Å². The Labute approximate surface area is 122 Å². The van der Waals surface area contributed by atoms with E-state index in [0.29, 0.717) is 5.82 Å². The normalized spacial score (nSPS) is 18.4. The number of aliphatic hydroxyl groups excluding tert-OH is 1. The average Bonchev–Trinajstić information content (AvgIpc) is 2.98. The van der Waals surface area contributed by atoms with Gasteiger partial charge >= 0.3 is 0 Å². The smallest absolute Gasteiger partial charge is 0.129 e. The van der Waals surface area contributed by atoms with Crippen LogP contribution >= 0.6 is 0 Å². The Balaban J connectivity index is 2.39. The van der Waals surface area contributed by atoms with Crippen LogP contribution in [-0.4, -0.2) is 33.6 Å². The summed E-state index contributed by atoms with van der Waals surface area (Å²) < 4.78 is 0. The van der Waals surface area contributed by atoms with E-state index in [4.69, 9.17) is 5.73 Å². The fraction of sp³-hybridized carbons (Fsp3) is 0.688. The molecule has 1 fully saturated rings. The lowest BCUT2D eigenvalue weighted by Crippen LogP contribution is -2.51. The number of nitrogen functional groups attached to an aromatic ring is 1. The second kappa shape index (κ2) is 6.10. The average molecular weight is 277 g/mol. The number of hydrogen-bond donors (Lipinski definition) is 2. The largest absolute Gasteiger partial charge is 0.386 e. The van der Waals surface area contributed by atoms with Crippen LogP contribution in [0.25, 0.3) is 0 Å². The first-order chi connectivity index (χ1) is 9.55. The number of aromatic nitrogens is 1. The number of pyridine rings is 1. The van der Waals surface area contributed by atoms with Gasteiger partial charge in [-0.15, -0.1) is 0 Å². The van der Waals surface area contributed by atoms with Gasteiger partial charge in [-0.05, 0) is 57.3 Å². The van der Waals surface area contributed by atoms with Crippen molar-refractivity contribution in [2.24, 2.45) is 0 Å². The summed E-state index contributed by atoms with van der Waals surface area (Å²) in [6.07, 6.45) is 5.44. The second-order valence-electron chi connectivity index (χ2n) is 5.89. The third-order valence-corrected chi connectivity index (χ3v) is 4.85. The SMILES string of the molecule is CCC(CC)(C(O)c1cc(C)cnc1N)N1CCCC1. The van der Waals surface area contributed by atoms with E-state index in [0.717, 1.165) is 37.1 Å². The third kappa shape index (κ3) is 2.54. The lowest BCUT2D eigenvalue weighted by Gasteiger charge is -2.44. The van der Waals surface area contributed by atoms with Gasteiger partial charge in [0.1, 0.15) is 11.9 Å². The number of aryl methyl sites for hydroxylation is 1. The van der Waals surface area contributed by atoms with E-state index in [2.05, 4.69) is 23.7 Å². The number of hydrogen-bond acceptors (Lipinski definition) is 4. The molecule has 1 aromatic heterocycles. The van der Waals surface area contributed by atoms with Crippen molar-refractivity contribution in [2.75, 3.05) is 18.8 Å². The molecule has 3 N–H and O–H groups in total. The van der Waals surface area contributed by atoms with Gasteiger partial charge in [-0.1, -0.05) is 13.8 Å². The minimum absolute atomic E-state index is 0.222. The summed E-state index contributed by atoms with van der Waals surface area (Å²) in [6.45, 7) is 8.43. The standard InChI is InChI=1S/C16H27N3O/c1-4-16(5-2,19-8-6-7-9-19)14(20)13-10-12(3)11-18-15(13)17/h10-11,14,20H,4-9H2,1-3H3,(H2,17,18). The minimum atomic E-state index is -0.581. The fourth-order valence-corrected chi connectivity index (χ4v) is 3.53. The maximum absolute atomic E-state index is 11.0. The lowest BCUT2D eigenvalue weighted by atomic mass is 9.81. The molecule has 4 nitrogen and oxygen atoms in total. The zero-order chi connectivity index (χ0) is 14.8. The Morgan fingerprint density at radius 1 is 1.35 bits per heavy atom. The van der Waals surface area contributed by atoms with Gasteiger partial charge < -0.3 is 10.8 Å². The van der Waals surface area contributed by atoms with Crippen molar-refractivity contribution in [1.29, 1.82) is 0 Å². The van der Waals surface area contributed by atoms with E-state index in [1.165, 1.54) is 12.8 Å². The molecule has 4 heteroatoms. The first-order valence-electron chi connectivity index (χ1n) is 7.70. The van der Waals surface area contributed by atoms with Crippen molar-refractivity contribution in [1.82, 2.24) is 9.88 Å². The molecule has 0 saturated carbocycles. The van der Waals surface area contributed by atoms with E-state index in [1.54, 1.807) is 6.20 Å². The van der Waals surface area contributed by atoms with Crippen molar-refractivity contribution in [3.8, 4) is 0 Å². The molecule has 0 radical (unpaired) electrons. The predicted octanol–water partition coefficient (Wildman–Crippen LogP) is 2.66. The van der Waals surface area contributed by atoms with Crippen molar-refractivity contribution in [2.45, 2.75) is 58.1 Å².